The fourth-order valence-electron chi connectivity index (χ4n) is 1.35. The first-order chi connectivity index (χ1) is 8.33. The summed E-state index contributed by atoms with van der Waals surface area (Å²) in [5.74, 6) is -0.749. The van der Waals surface area contributed by atoms with E-state index in [1.165, 1.54) is 0 Å². The van der Waals surface area contributed by atoms with Gasteiger partial charge in [0.2, 0.25) is 0 Å². The molecule has 0 saturated heterocycles. The summed E-state index contributed by atoms with van der Waals surface area (Å²) in [4.78, 5) is 10.2. The zero-order chi connectivity index (χ0) is 13.9. The molecule has 0 amide bonds. The minimum Gasteiger partial charge on any atom is -0.394 e. The first-order valence-electron chi connectivity index (χ1n) is 5.35. The van der Waals surface area contributed by atoms with Gasteiger partial charge in [0.25, 0.3) is 5.69 Å². The molecule has 0 aromatic heterocycles. The van der Waals surface area contributed by atoms with Crippen LogP contribution in [0.3, 0.4) is 0 Å². The fourth-order valence-corrected chi connectivity index (χ4v) is 1.51. The van der Waals surface area contributed by atoms with Gasteiger partial charge in [-0.1, -0.05) is 18.5 Å². The molecule has 0 spiro atoms. The first-order valence-corrected chi connectivity index (χ1v) is 5.73. The van der Waals surface area contributed by atoms with Gasteiger partial charge in [-0.15, -0.1) is 0 Å². The molecule has 18 heavy (non-hydrogen) atoms. The van der Waals surface area contributed by atoms with E-state index in [9.17, 15) is 19.6 Å². The van der Waals surface area contributed by atoms with Crippen molar-refractivity contribution in [3.63, 3.8) is 0 Å². The third kappa shape index (κ3) is 3.08. The summed E-state index contributed by atoms with van der Waals surface area (Å²) in [6.45, 7) is 3.26. The molecule has 0 bridgehead atoms. The van der Waals surface area contributed by atoms with Crippen LogP contribution in [0.25, 0.3) is 0 Å². The highest BCUT2D eigenvalue weighted by atomic mass is 35.5. The van der Waals surface area contributed by atoms with E-state index in [4.69, 9.17) is 11.6 Å². The number of hydrogen-bond acceptors (Lipinski definition) is 4. The Labute approximate surface area is 109 Å². The van der Waals surface area contributed by atoms with Crippen LogP contribution in [0.1, 0.15) is 20.3 Å². The largest absolute Gasteiger partial charge is 0.394 e. The summed E-state index contributed by atoms with van der Waals surface area (Å²) in [5.41, 5.74) is -1.08. The Hall–Kier alpha value is -1.40. The third-order valence-electron chi connectivity index (χ3n) is 2.80. The van der Waals surface area contributed by atoms with Crippen molar-refractivity contribution in [3.8, 4) is 0 Å². The van der Waals surface area contributed by atoms with Gasteiger partial charge in [-0.25, -0.2) is 4.39 Å². The third-order valence-corrected chi connectivity index (χ3v) is 3.09. The molecular weight excluding hydrogens is 263 g/mol. The topological polar surface area (TPSA) is 75.4 Å². The molecular formula is C11H14ClFN2O3. The van der Waals surface area contributed by atoms with Gasteiger partial charge >= 0.3 is 0 Å². The fraction of sp³-hybridized carbons (Fsp3) is 0.455. The predicted molar refractivity (Wildman–Crippen MR) is 67.5 cm³/mol. The van der Waals surface area contributed by atoms with E-state index in [1.54, 1.807) is 13.8 Å². The predicted octanol–water partition coefficient (Wildman–Crippen LogP) is 2.96. The molecule has 7 heteroatoms. The van der Waals surface area contributed by atoms with Gasteiger partial charge in [-0.3, -0.25) is 10.1 Å². The number of halogens is 2. The summed E-state index contributed by atoms with van der Waals surface area (Å²) in [6.07, 6.45) is 0.519. The van der Waals surface area contributed by atoms with Crippen molar-refractivity contribution >= 4 is 23.0 Å². The van der Waals surface area contributed by atoms with Gasteiger partial charge in [-0.05, 0) is 13.3 Å². The Morgan fingerprint density at radius 1 is 1.61 bits per heavy atom. The normalized spacial score (nSPS) is 14.1. The highest BCUT2D eigenvalue weighted by Gasteiger charge is 2.26. The quantitative estimate of drug-likeness (QED) is 0.640. The van der Waals surface area contributed by atoms with Crippen molar-refractivity contribution in [2.45, 2.75) is 25.8 Å². The van der Waals surface area contributed by atoms with Crippen molar-refractivity contribution in [3.05, 3.63) is 33.1 Å². The maximum absolute atomic E-state index is 13.3. The highest BCUT2D eigenvalue weighted by Crippen LogP contribution is 2.32. The molecule has 1 atom stereocenters. The van der Waals surface area contributed by atoms with E-state index in [-0.39, 0.29) is 23.0 Å². The van der Waals surface area contributed by atoms with Crippen LogP contribution in [0.4, 0.5) is 15.8 Å². The number of rotatable bonds is 5. The molecule has 1 aromatic rings. The van der Waals surface area contributed by atoms with Crippen LogP contribution < -0.4 is 5.32 Å². The molecule has 100 valence electrons. The van der Waals surface area contributed by atoms with Crippen LogP contribution in [0.2, 0.25) is 5.02 Å². The zero-order valence-corrected chi connectivity index (χ0v) is 10.8. The summed E-state index contributed by atoms with van der Waals surface area (Å²) in [6, 6.07) is 1.91. The monoisotopic (exact) mass is 276 g/mol. The van der Waals surface area contributed by atoms with Crippen LogP contribution in [0.5, 0.6) is 0 Å². The molecule has 0 aliphatic rings. The molecule has 1 unspecified atom stereocenters. The van der Waals surface area contributed by atoms with Gasteiger partial charge in [0.15, 0.2) is 0 Å². The van der Waals surface area contributed by atoms with E-state index in [0.29, 0.717) is 6.42 Å². The molecule has 0 fully saturated rings. The van der Waals surface area contributed by atoms with Gasteiger partial charge in [0.1, 0.15) is 11.5 Å². The number of nitrogens with one attached hydrogen (secondary N) is 1. The molecule has 0 aliphatic heterocycles. The van der Waals surface area contributed by atoms with Crippen LogP contribution in [-0.2, 0) is 0 Å². The number of anilines is 1. The van der Waals surface area contributed by atoms with E-state index in [0.717, 1.165) is 12.1 Å². The van der Waals surface area contributed by atoms with Crippen LogP contribution in [-0.4, -0.2) is 22.2 Å². The van der Waals surface area contributed by atoms with Crippen LogP contribution in [0, 0.1) is 15.9 Å². The van der Waals surface area contributed by atoms with E-state index in [2.05, 4.69) is 5.32 Å². The second kappa shape index (κ2) is 5.49. The minimum absolute atomic E-state index is 0.000278. The van der Waals surface area contributed by atoms with Crippen molar-refractivity contribution in [2.75, 3.05) is 11.9 Å². The average molecular weight is 277 g/mol. The van der Waals surface area contributed by atoms with Crippen LogP contribution in [0.15, 0.2) is 12.1 Å². The lowest BCUT2D eigenvalue weighted by Crippen LogP contribution is -2.38. The smallest absolute Gasteiger partial charge is 0.294 e. The second-order valence-electron chi connectivity index (χ2n) is 4.24. The Kier molecular flexibility index (Phi) is 4.48. The lowest BCUT2D eigenvalue weighted by Gasteiger charge is -2.28. The Morgan fingerprint density at radius 2 is 2.22 bits per heavy atom. The SMILES string of the molecule is CCC(C)(CO)Nc1cc(F)c(Cl)cc1[N+](=O)[O-]. The molecule has 2 N–H and O–H groups in total. The molecule has 0 heterocycles. The standard InChI is InChI=1S/C11H14ClFN2O3/c1-3-11(2,6-16)14-9-5-8(13)7(12)4-10(9)15(17)18/h4-5,14,16H,3,6H2,1-2H3. The van der Waals surface area contributed by atoms with Crippen molar-refractivity contribution in [2.24, 2.45) is 0 Å². The maximum Gasteiger partial charge on any atom is 0.294 e. The van der Waals surface area contributed by atoms with Crippen molar-refractivity contribution in [1.29, 1.82) is 0 Å². The molecule has 0 saturated carbocycles. The number of aliphatic hydroxyl groups is 1. The average Bonchev–Trinajstić information content (AvgIpc) is 2.33. The van der Waals surface area contributed by atoms with Crippen molar-refractivity contribution < 1.29 is 14.4 Å². The number of aliphatic hydroxyl groups excluding tert-OH is 1. The lowest BCUT2D eigenvalue weighted by molar-refractivity contribution is -0.384. The number of hydrogen-bond donors (Lipinski definition) is 2. The van der Waals surface area contributed by atoms with Gasteiger partial charge in [0.05, 0.1) is 22.1 Å². The number of nitrogens with zero attached hydrogens (tertiary/aromatic N) is 1. The molecule has 5 nitrogen and oxygen atoms in total. The Morgan fingerprint density at radius 3 is 2.67 bits per heavy atom. The number of benzene rings is 1. The summed E-state index contributed by atoms with van der Waals surface area (Å²) in [7, 11) is 0. The summed E-state index contributed by atoms with van der Waals surface area (Å²) < 4.78 is 13.3. The lowest BCUT2D eigenvalue weighted by atomic mass is 9.99. The molecule has 1 rings (SSSR count). The molecule has 1 aromatic carbocycles. The Bertz CT molecular complexity index is 464. The van der Waals surface area contributed by atoms with E-state index in [1.807, 2.05) is 0 Å². The number of nitro benzene ring substituents is 1. The Balaban J connectivity index is 3.22. The maximum atomic E-state index is 13.3. The van der Waals surface area contributed by atoms with Crippen molar-refractivity contribution in [1.82, 2.24) is 0 Å². The number of nitro groups is 1. The van der Waals surface area contributed by atoms with E-state index >= 15 is 0 Å². The van der Waals surface area contributed by atoms with Gasteiger partial charge in [-0.2, -0.15) is 0 Å². The van der Waals surface area contributed by atoms with Gasteiger partial charge < -0.3 is 10.4 Å². The molecule has 0 radical (unpaired) electrons. The van der Waals surface area contributed by atoms with E-state index < -0.39 is 16.3 Å². The zero-order valence-electron chi connectivity index (χ0n) is 10.0. The first kappa shape index (κ1) is 14.7. The minimum atomic E-state index is -0.759. The molecule has 0 aliphatic carbocycles. The van der Waals surface area contributed by atoms with Crippen LogP contribution >= 0.6 is 11.6 Å². The van der Waals surface area contributed by atoms with Gasteiger partial charge in [0, 0.05) is 12.1 Å². The second-order valence-corrected chi connectivity index (χ2v) is 4.65. The highest BCUT2D eigenvalue weighted by molar-refractivity contribution is 6.31. The summed E-state index contributed by atoms with van der Waals surface area (Å²) >= 11 is 5.51. The summed E-state index contributed by atoms with van der Waals surface area (Å²) in [5, 5.41) is 22.6.